The zero-order valence-electron chi connectivity index (χ0n) is 12.9. The summed E-state index contributed by atoms with van der Waals surface area (Å²) in [6.45, 7) is 1.82. The second-order valence-corrected chi connectivity index (χ2v) is 6.76. The van der Waals surface area contributed by atoms with E-state index in [1.807, 2.05) is 37.3 Å². The van der Waals surface area contributed by atoms with Crippen LogP contribution in [0.25, 0.3) is 10.4 Å². The molecular weight excluding hydrogens is 332 g/mol. The molecule has 1 aliphatic heterocycles. The second-order valence-electron chi connectivity index (χ2n) is 5.26. The van der Waals surface area contributed by atoms with Crippen LogP contribution in [-0.4, -0.2) is 25.2 Å². The molecule has 3 rings (SSSR count). The topological polar surface area (TPSA) is 59.6 Å². The molecule has 2 N–H and O–H groups in total. The number of methoxy groups -OCH3 is 2. The summed E-state index contributed by atoms with van der Waals surface area (Å²) in [5.41, 5.74) is 0.0826. The van der Waals surface area contributed by atoms with E-state index in [0.29, 0.717) is 5.11 Å². The molecule has 2 aromatic rings. The molecule has 1 amide bonds. The number of carbonyl (C=O) groups excluding carboxylic acids is 1. The average molecular weight is 348 g/mol. The summed E-state index contributed by atoms with van der Waals surface area (Å²) in [5.74, 6) is 1.36. The smallest absolute Gasteiger partial charge is 0.257 e. The summed E-state index contributed by atoms with van der Waals surface area (Å²) in [5, 5.41) is 6.03. The predicted octanol–water partition coefficient (Wildman–Crippen LogP) is 2.65. The van der Waals surface area contributed by atoms with E-state index in [1.165, 1.54) is 11.3 Å². The molecule has 1 aromatic carbocycles. The Morgan fingerprint density at radius 1 is 1.17 bits per heavy atom. The maximum atomic E-state index is 12.2. The van der Waals surface area contributed by atoms with E-state index in [1.54, 1.807) is 14.2 Å². The Hall–Kier alpha value is -2.12. The average Bonchev–Trinajstić information content (AvgIpc) is 3.13. The quantitative estimate of drug-likeness (QED) is 0.832. The number of benzene rings is 1. The molecule has 1 atom stereocenters. The van der Waals surface area contributed by atoms with Crippen LogP contribution in [0.3, 0.4) is 0 Å². The van der Waals surface area contributed by atoms with Crippen molar-refractivity contribution in [3.8, 4) is 21.9 Å². The van der Waals surface area contributed by atoms with Gasteiger partial charge in [-0.05, 0) is 49.5 Å². The van der Waals surface area contributed by atoms with E-state index in [2.05, 4.69) is 10.6 Å². The third-order valence-electron chi connectivity index (χ3n) is 3.82. The number of hydrogen-bond donors (Lipinski definition) is 2. The van der Waals surface area contributed by atoms with Gasteiger partial charge in [0, 0.05) is 15.3 Å². The number of ether oxygens (including phenoxy) is 2. The first-order valence-electron chi connectivity index (χ1n) is 6.94. The highest BCUT2D eigenvalue weighted by atomic mass is 32.1. The van der Waals surface area contributed by atoms with Gasteiger partial charge in [-0.25, -0.2) is 0 Å². The van der Waals surface area contributed by atoms with Gasteiger partial charge in [-0.3, -0.25) is 4.79 Å². The number of rotatable bonds is 4. The fourth-order valence-electron chi connectivity index (χ4n) is 2.47. The van der Waals surface area contributed by atoms with Crippen molar-refractivity contribution in [1.29, 1.82) is 0 Å². The van der Waals surface area contributed by atoms with Crippen molar-refractivity contribution in [3.05, 3.63) is 35.2 Å². The molecule has 1 aliphatic rings. The molecular formula is C16H16N2O3S2. The molecule has 0 spiro atoms. The highest BCUT2D eigenvalue weighted by Crippen LogP contribution is 2.40. The summed E-state index contributed by atoms with van der Waals surface area (Å²) < 4.78 is 10.7. The van der Waals surface area contributed by atoms with Crippen molar-refractivity contribution >= 4 is 34.6 Å². The SMILES string of the molecule is COc1ccc(OC)c(-c2ccc(C3(C)NC(=S)NC3=O)s2)c1. The predicted molar refractivity (Wildman–Crippen MR) is 94.1 cm³/mol. The molecule has 120 valence electrons. The van der Waals surface area contributed by atoms with Gasteiger partial charge in [-0.15, -0.1) is 11.3 Å². The lowest BCUT2D eigenvalue weighted by Gasteiger charge is -2.19. The number of hydrogen-bond acceptors (Lipinski definition) is 5. The van der Waals surface area contributed by atoms with Gasteiger partial charge in [0.05, 0.1) is 14.2 Å². The lowest BCUT2D eigenvalue weighted by atomic mass is 10.0. The molecule has 23 heavy (non-hydrogen) atoms. The monoisotopic (exact) mass is 348 g/mol. The normalized spacial score (nSPS) is 20.1. The Balaban J connectivity index is 2.03. The first-order chi connectivity index (χ1) is 11.0. The van der Waals surface area contributed by atoms with Crippen molar-refractivity contribution in [2.24, 2.45) is 0 Å². The number of thiophene rings is 1. The van der Waals surface area contributed by atoms with Crippen LogP contribution in [0.15, 0.2) is 30.3 Å². The Kier molecular flexibility index (Phi) is 3.99. The van der Waals surface area contributed by atoms with Crippen LogP contribution in [0.2, 0.25) is 0 Å². The van der Waals surface area contributed by atoms with Crippen LogP contribution in [-0.2, 0) is 10.3 Å². The van der Waals surface area contributed by atoms with E-state index >= 15 is 0 Å². The minimum absolute atomic E-state index is 0.145. The largest absolute Gasteiger partial charge is 0.497 e. The lowest BCUT2D eigenvalue weighted by Crippen LogP contribution is -2.39. The first-order valence-corrected chi connectivity index (χ1v) is 8.16. The Labute approximate surface area is 143 Å². The zero-order valence-corrected chi connectivity index (χ0v) is 14.6. The maximum absolute atomic E-state index is 12.2. The number of nitrogens with one attached hydrogen (secondary N) is 2. The summed E-state index contributed by atoms with van der Waals surface area (Å²) in [7, 11) is 3.26. The first kappa shape index (κ1) is 15.8. The highest BCUT2D eigenvalue weighted by molar-refractivity contribution is 7.80. The van der Waals surface area contributed by atoms with Gasteiger partial charge in [0.1, 0.15) is 11.5 Å². The van der Waals surface area contributed by atoms with Crippen molar-refractivity contribution in [1.82, 2.24) is 10.6 Å². The molecule has 0 saturated carbocycles. The number of carbonyl (C=O) groups is 1. The maximum Gasteiger partial charge on any atom is 0.257 e. The molecule has 7 heteroatoms. The van der Waals surface area contributed by atoms with Gasteiger partial charge in [0.15, 0.2) is 10.7 Å². The third kappa shape index (κ3) is 2.66. The van der Waals surface area contributed by atoms with Gasteiger partial charge >= 0.3 is 0 Å². The van der Waals surface area contributed by atoms with Crippen molar-refractivity contribution < 1.29 is 14.3 Å². The Morgan fingerprint density at radius 3 is 2.57 bits per heavy atom. The van der Waals surface area contributed by atoms with E-state index in [4.69, 9.17) is 21.7 Å². The zero-order chi connectivity index (χ0) is 16.6. The number of amides is 1. The van der Waals surface area contributed by atoms with Crippen molar-refractivity contribution in [2.45, 2.75) is 12.5 Å². The molecule has 0 bridgehead atoms. The van der Waals surface area contributed by atoms with Crippen LogP contribution in [0.1, 0.15) is 11.8 Å². The van der Waals surface area contributed by atoms with Gasteiger partial charge in [-0.2, -0.15) is 0 Å². The second kappa shape index (κ2) is 5.82. The van der Waals surface area contributed by atoms with Crippen molar-refractivity contribution in [3.63, 3.8) is 0 Å². The minimum atomic E-state index is -0.841. The van der Waals surface area contributed by atoms with Crippen molar-refractivity contribution in [2.75, 3.05) is 14.2 Å². The molecule has 0 radical (unpaired) electrons. The standard InChI is InChI=1S/C16H16N2O3S2/c1-16(14(19)17-15(22)18-16)13-7-6-12(23-13)10-8-9(20-2)4-5-11(10)21-3/h4-8H,1-3H3,(H2,17,18,19,22). The summed E-state index contributed by atoms with van der Waals surface area (Å²) in [4.78, 5) is 14.1. The van der Waals surface area contributed by atoms with Gasteiger partial charge < -0.3 is 20.1 Å². The lowest BCUT2D eigenvalue weighted by molar-refractivity contribution is -0.123. The fraction of sp³-hybridized carbons (Fsp3) is 0.250. The van der Waals surface area contributed by atoms with E-state index < -0.39 is 5.54 Å². The summed E-state index contributed by atoms with van der Waals surface area (Å²) >= 11 is 6.56. The third-order valence-corrected chi connectivity index (χ3v) is 5.36. The van der Waals surface area contributed by atoms with Gasteiger partial charge in [0.2, 0.25) is 0 Å². The number of thiocarbonyl (C=S) groups is 1. The minimum Gasteiger partial charge on any atom is -0.497 e. The van der Waals surface area contributed by atoms with Gasteiger partial charge in [-0.1, -0.05) is 0 Å². The van der Waals surface area contributed by atoms with Crippen LogP contribution in [0.4, 0.5) is 0 Å². The molecule has 1 unspecified atom stereocenters. The van der Waals surface area contributed by atoms with Crippen LogP contribution >= 0.6 is 23.6 Å². The molecule has 0 aliphatic carbocycles. The van der Waals surface area contributed by atoms with Crippen LogP contribution < -0.4 is 20.1 Å². The summed E-state index contributed by atoms with van der Waals surface area (Å²) in [6, 6.07) is 9.54. The molecule has 1 saturated heterocycles. The molecule has 1 aromatic heterocycles. The Morgan fingerprint density at radius 2 is 1.96 bits per heavy atom. The Bertz CT molecular complexity index is 787. The van der Waals surface area contributed by atoms with Crippen LogP contribution in [0.5, 0.6) is 11.5 Å². The van der Waals surface area contributed by atoms with E-state index in [0.717, 1.165) is 26.8 Å². The summed E-state index contributed by atoms with van der Waals surface area (Å²) in [6.07, 6.45) is 0. The molecule has 1 fully saturated rings. The van der Waals surface area contributed by atoms with Gasteiger partial charge in [0.25, 0.3) is 5.91 Å². The van der Waals surface area contributed by atoms with E-state index in [9.17, 15) is 4.79 Å². The molecule has 2 heterocycles. The molecule has 5 nitrogen and oxygen atoms in total. The fourth-order valence-corrected chi connectivity index (χ4v) is 3.90. The highest BCUT2D eigenvalue weighted by Gasteiger charge is 2.42. The van der Waals surface area contributed by atoms with E-state index in [-0.39, 0.29) is 5.91 Å². The van der Waals surface area contributed by atoms with Crippen LogP contribution in [0, 0.1) is 0 Å².